The molecule has 0 saturated heterocycles. The number of aliphatic hydroxyl groups is 1. The summed E-state index contributed by atoms with van der Waals surface area (Å²) in [6.07, 6.45) is 2.53. The fourth-order valence-corrected chi connectivity index (χ4v) is 3.10. The van der Waals surface area contributed by atoms with Gasteiger partial charge in [0.1, 0.15) is 17.5 Å². The molecule has 148 valence electrons. The van der Waals surface area contributed by atoms with Gasteiger partial charge in [-0.15, -0.1) is 0 Å². The van der Waals surface area contributed by atoms with E-state index in [4.69, 9.17) is 18.9 Å². The van der Waals surface area contributed by atoms with Gasteiger partial charge in [-0.2, -0.15) is 0 Å². The molecule has 1 heterocycles. The van der Waals surface area contributed by atoms with E-state index in [-0.39, 0.29) is 11.2 Å². The topological polar surface area (TPSA) is 74.2 Å². The van der Waals surface area contributed by atoms with Crippen molar-refractivity contribution in [2.45, 2.75) is 25.6 Å². The van der Waals surface area contributed by atoms with Crippen LogP contribution in [0.25, 0.3) is 6.08 Å². The van der Waals surface area contributed by atoms with Crippen LogP contribution < -0.4 is 18.9 Å². The molecule has 6 nitrogen and oxygen atoms in total. The number of fused-ring (bicyclic) bond motifs is 1. The van der Waals surface area contributed by atoms with Gasteiger partial charge in [-0.1, -0.05) is 12.1 Å². The Labute approximate surface area is 164 Å². The maximum absolute atomic E-state index is 12.9. The predicted octanol–water partition coefficient (Wildman–Crippen LogP) is 3.81. The van der Waals surface area contributed by atoms with Gasteiger partial charge in [0.2, 0.25) is 5.75 Å². The highest BCUT2D eigenvalue weighted by molar-refractivity contribution is 6.01. The molecule has 2 aromatic carbocycles. The summed E-state index contributed by atoms with van der Waals surface area (Å²) < 4.78 is 21.7. The average Bonchev–Trinajstić information content (AvgIpc) is 2.70. The molecule has 1 atom stereocenters. The molecule has 0 amide bonds. The van der Waals surface area contributed by atoms with E-state index in [9.17, 15) is 9.90 Å². The summed E-state index contributed by atoms with van der Waals surface area (Å²) in [6, 6.07) is 8.26. The first-order chi connectivity index (χ1) is 13.3. The molecule has 3 rings (SSSR count). The number of carbonyl (C=O) groups is 1. The number of aliphatic hydroxyl groups excluding tert-OH is 1. The summed E-state index contributed by atoms with van der Waals surface area (Å²) in [5.41, 5.74) is 1.16. The van der Waals surface area contributed by atoms with Crippen molar-refractivity contribution in [3.05, 3.63) is 53.1 Å². The molecular weight excluding hydrogens is 360 g/mol. The molecule has 0 aliphatic carbocycles. The Balaban J connectivity index is 1.93. The van der Waals surface area contributed by atoms with Gasteiger partial charge < -0.3 is 24.1 Å². The quantitative estimate of drug-likeness (QED) is 0.764. The van der Waals surface area contributed by atoms with Crippen LogP contribution in [0.15, 0.2) is 36.4 Å². The molecule has 0 bridgehead atoms. The number of Topliss-reactive ketones (excluding diaryl/α,β-unsaturated/α-hetero) is 1. The maximum atomic E-state index is 12.9. The minimum absolute atomic E-state index is 0.257. The van der Waals surface area contributed by atoms with E-state index < -0.39 is 11.9 Å². The van der Waals surface area contributed by atoms with Gasteiger partial charge in [0.05, 0.1) is 21.3 Å². The van der Waals surface area contributed by atoms with Crippen molar-refractivity contribution in [1.82, 2.24) is 0 Å². The average molecular weight is 384 g/mol. The molecule has 0 radical (unpaired) electrons. The third-order valence-electron chi connectivity index (χ3n) is 4.58. The number of carbonyl (C=O) groups excluding carboxylic acids is 1. The van der Waals surface area contributed by atoms with Crippen LogP contribution in [0.3, 0.4) is 0 Å². The third kappa shape index (κ3) is 3.68. The van der Waals surface area contributed by atoms with Gasteiger partial charge in [-0.3, -0.25) is 4.79 Å². The predicted molar refractivity (Wildman–Crippen MR) is 106 cm³/mol. The summed E-state index contributed by atoms with van der Waals surface area (Å²) in [4.78, 5) is 12.9. The molecule has 28 heavy (non-hydrogen) atoms. The minimum atomic E-state index is -1.34. The molecule has 1 aliphatic heterocycles. The highest BCUT2D eigenvalue weighted by atomic mass is 16.5. The Morgan fingerprint density at radius 1 is 1.04 bits per heavy atom. The summed E-state index contributed by atoms with van der Waals surface area (Å²) in [7, 11) is 4.43. The Morgan fingerprint density at radius 2 is 1.68 bits per heavy atom. The van der Waals surface area contributed by atoms with Gasteiger partial charge in [-0.05, 0) is 49.8 Å². The van der Waals surface area contributed by atoms with Gasteiger partial charge >= 0.3 is 0 Å². The molecule has 0 saturated carbocycles. The number of rotatable bonds is 6. The SMILES string of the molecule is COc1cc(C(=O)C(O)c2ccc3c(c2)C=CC(C)(C)O3)cc(OC)c1OC. The second-order valence-corrected chi connectivity index (χ2v) is 7.02. The summed E-state index contributed by atoms with van der Waals surface area (Å²) >= 11 is 0. The van der Waals surface area contributed by atoms with E-state index in [1.807, 2.05) is 26.0 Å². The highest BCUT2D eigenvalue weighted by Crippen LogP contribution is 2.39. The molecule has 0 fully saturated rings. The highest BCUT2D eigenvalue weighted by Gasteiger charge is 2.26. The number of ketones is 1. The molecule has 6 heteroatoms. The smallest absolute Gasteiger partial charge is 0.203 e. The zero-order chi connectivity index (χ0) is 20.5. The second-order valence-electron chi connectivity index (χ2n) is 7.02. The molecular formula is C22H24O6. The molecule has 2 aromatic rings. The van der Waals surface area contributed by atoms with Crippen molar-refractivity contribution in [3.8, 4) is 23.0 Å². The van der Waals surface area contributed by atoms with E-state index in [2.05, 4.69) is 0 Å². The Morgan fingerprint density at radius 3 is 2.25 bits per heavy atom. The first-order valence-corrected chi connectivity index (χ1v) is 8.84. The van der Waals surface area contributed by atoms with Crippen LogP contribution >= 0.6 is 0 Å². The van der Waals surface area contributed by atoms with Crippen molar-refractivity contribution in [2.75, 3.05) is 21.3 Å². The number of benzene rings is 2. The number of hydrogen-bond acceptors (Lipinski definition) is 6. The fourth-order valence-electron chi connectivity index (χ4n) is 3.10. The van der Waals surface area contributed by atoms with E-state index in [0.717, 1.165) is 5.56 Å². The van der Waals surface area contributed by atoms with Crippen molar-refractivity contribution in [3.63, 3.8) is 0 Å². The minimum Gasteiger partial charge on any atom is -0.493 e. The number of hydrogen-bond donors (Lipinski definition) is 1. The first-order valence-electron chi connectivity index (χ1n) is 8.84. The van der Waals surface area contributed by atoms with Crippen molar-refractivity contribution in [2.24, 2.45) is 0 Å². The largest absolute Gasteiger partial charge is 0.493 e. The van der Waals surface area contributed by atoms with Crippen LogP contribution in [-0.2, 0) is 0 Å². The van der Waals surface area contributed by atoms with Crippen LogP contribution in [0.4, 0.5) is 0 Å². The lowest BCUT2D eigenvalue weighted by Crippen LogP contribution is -2.27. The zero-order valence-electron chi connectivity index (χ0n) is 16.6. The summed E-state index contributed by atoms with van der Waals surface area (Å²) in [5, 5.41) is 10.7. The molecule has 1 unspecified atom stereocenters. The summed E-state index contributed by atoms with van der Waals surface area (Å²) in [5.74, 6) is 1.32. The Hall–Kier alpha value is -2.99. The lowest BCUT2D eigenvalue weighted by atomic mass is 9.95. The van der Waals surface area contributed by atoms with E-state index in [1.54, 1.807) is 18.2 Å². The number of methoxy groups -OCH3 is 3. The second kappa shape index (κ2) is 7.56. The lowest BCUT2D eigenvalue weighted by molar-refractivity contribution is 0.0746. The number of ether oxygens (including phenoxy) is 4. The van der Waals surface area contributed by atoms with Crippen molar-refractivity contribution < 1.29 is 28.8 Å². The van der Waals surface area contributed by atoms with E-state index >= 15 is 0 Å². The van der Waals surface area contributed by atoms with E-state index in [1.165, 1.54) is 33.5 Å². The molecule has 1 aliphatic rings. The normalized spacial score (nSPS) is 15.2. The lowest BCUT2D eigenvalue weighted by Gasteiger charge is -2.28. The molecule has 0 aromatic heterocycles. The van der Waals surface area contributed by atoms with Gasteiger partial charge in [0, 0.05) is 11.1 Å². The molecule has 1 N–H and O–H groups in total. The third-order valence-corrected chi connectivity index (χ3v) is 4.58. The van der Waals surface area contributed by atoms with Crippen LogP contribution in [0.5, 0.6) is 23.0 Å². The van der Waals surface area contributed by atoms with Crippen molar-refractivity contribution in [1.29, 1.82) is 0 Å². The molecule has 0 spiro atoms. The van der Waals surface area contributed by atoms with Gasteiger partial charge in [0.25, 0.3) is 0 Å². The summed E-state index contributed by atoms with van der Waals surface area (Å²) in [6.45, 7) is 3.92. The van der Waals surface area contributed by atoms with Crippen LogP contribution in [0.1, 0.15) is 41.4 Å². The first kappa shape index (κ1) is 19.8. The standard InChI is InChI=1S/C22H24O6/c1-22(2)9-8-13-10-14(6-7-16(13)28-22)19(23)20(24)15-11-17(25-3)21(27-5)18(12-15)26-4/h6-12,19,23H,1-5H3. The van der Waals surface area contributed by atoms with Crippen molar-refractivity contribution >= 4 is 11.9 Å². The Kier molecular flexibility index (Phi) is 5.34. The Bertz CT molecular complexity index is 904. The zero-order valence-corrected chi connectivity index (χ0v) is 16.6. The van der Waals surface area contributed by atoms with Crippen LogP contribution in [0.2, 0.25) is 0 Å². The van der Waals surface area contributed by atoms with Crippen LogP contribution in [-0.4, -0.2) is 37.8 Å². The van der Waals surface area contributed by atoms with Gasteiger partial charge in [-0.25, -0.2) is 0 Å². The van der Waals surface area contributed by atoms with Gasteiger partial charge in [0.15, 0.2) is 17.3 Å². The van der Waals surface area contributed by atoms with Crippen LogP contribution in [0, 0.1) is 0 Å². The van der Waals surface area contributed by atoms with E-state index in [0.29, 0.717) is 28.6 Å². The maximum Gasteiger partial charge on any atom is 0.203 e. The fraction of sp³-hybridized carbons (Fsp3) is 0.318. The monoisotopic (exact) mass is 384 g/mol.